The highest BCUT2D eigenvalue weighted by atomic mass is 32.2. The van der Waals surface area contributed by atoms with Crippen LogP contribution in [0, 0.1) is 0 Å². The van der Waals surface area contributed by atoms with Crippen LogP contribution in [0.2, 0.25) is 0 Å². The van der Waals surface area contributed by atoms with Crippen LogP contribution in [0.5, 0.6) is 0 Å². The summed E-state index contributed by atoms with van der Waals surface area (Å²) in [4.78, 5) is 8.69. The molecule has 0 aliphatic carbocycles. The van der Waals surface area contributed by atoms with Gasteiger partial charge in [0.1, 0.15) is 12.1 Å². The second kappa shape index (κ2) is 5.41. The molecule has 0 aliphatic rings. The van der Waals surface area contributed by atoms with Crippen LogP contribution in [-0.2, 0) is 0 Å². The van der Waals surface area contributed by atoms with Gasteiger partial charge in [-0.1, -0.05) is 11.8 Å². The van der Waals surface area contributed by atoms with E-state index in [9.17, 15) is 8.78 Å². The van der Waals surface area contributed by atoms with Gasteiger partial charge in [0, 0.05) is 10.6 Å². The van der Waals surface area contributed by atoms with E-state index in [1.807, 2.05) is 0 Å². The van der Waals surface area contributed by atoms with Crippen LogP contribution in [-0.4, -0.2) is 25.9 Å². The summed E-state index contributed by atoms with van der Waals surface area (Å²) in [6, 6.07) is 6.71. The minimum atomic E-state index is -2.42. The van der Waals surface area contributed by atoms with E-state index in [-0.39, 0.29) is 0 Å². The lowest BCUT2D eigenvalue weighted by molar-refractivity contribution is 0.252. The highest BCUT2D eigenvalue weighted by molar-refractivity contribution is 7.99. The number of rotatable bonds is 4. The molecule has 0 unspecified atom stereocenters. The molecule has 0 aliphatic heterocycles. The van der Waals surface area contributed by atoms with Gasteiger partial charge in [0.25, 0.3) is 5.76 Å². The number of nitrogens with one attached hydrogen (secondary N) is 2. The fourth-order valence-corrected chi connectivity index (χ4v) is 2.22. The summed E-state index contributed by atoms with van der Waals surface area (Å²) in [5.41, 5.74) is 1.39. The van der Waals surface area contributed by atoms with Crippen molar-refractivity contribution >= 4 is 34.3 Å². The molecular formula is C12H9F2N5S. The third kappa shape index (κ3) is 2.69. The number of thioether (sulfide) groups is 1. The van der Waals surface area contributed by atoms with Crippen LogP contribution in [0.15, 0.2) is 41.7 Å². The van der Waals surface area contributed by atoms with E-state index in [4.69, 9.17) is 0 Å². The molecule has 0 bridgehead atoms. The lowest BCUT2D eigenvalue weighted by Crippen LogP contribution is -1.95. The van der Waals surface area contributed by atoms with Crippen molar-refractivity contribution in [3.63, 3.8) is 0 Å². The van der Waals surface area contributed by atoms with Gasteiger partial charge in [0.15, 0.2) is 5.65 Å². The summed E-state index contributed by atoms with van der Waals surface area (Å²) < 4.78 is 24.5. The van der Waals surface area contributed by atoms with E-state index in [2.05, 4.69) is 25.5 Å². The van der Waals surface area contributed by atoms with E-state index in [0.717, 1.165) is 11.1 Å². The van der Waals surface area contributed by atoms with Crippen molar-refractivity contribution in [1.82, 2.24) is 20.2 Å². The molecule has 5 nitrogen and oxygen atoms in total. The van der Waals surface area contributed by atoms with E-state index in [0.29, 0.717) is 28.1 Å². The molecule has 2 N–H and O–H groups in total. The third-order valence-electron chi connectivity index (χ3n) is 2.59. The van der Waals surface area contributed by atoms with E-state index in [1.165, 1.54) is 6.33 Å². The fourth-order valence-electron chi connectivity index (χ4n) is 1.72. The second-order valence-corrected chi connectivity index (χ2v) is 4.95. The van der Waals surface area contributed by atoms with E-state index >= 15 is 0 Å². The van der Waals surface area contributed by atoms with Crippen molar-refractivity contribution < 1.29 is 8.78 Å². The molecule has 102 valence electrons. The number of alkyl halides is 2. The second-order valence-electron chi connectivity index (χ2n) is 3.88. The van der Waals surface area contributed by atoms with Crippen molar-refractivity contribution in [2.24, 2.45) is 0 Å². The number of benzene rings is 1. The van der Waals surface area contributed by atoms with Crippen LogP contribution in [0.4, 0.5) is 20.3 Å². The minimum Gasteiger partial charge on any atom is -0.340 e. The van der Waals surface area contributed by atoms with Gasteiger partial charge in [-0.25, -0.2) is 9.97 Å². The zero-order chi connectivity index (χ0) is 13.9. The molecular weight excluding hydrogens is 284 g/mol. The Bertz CT molecular complexity index is 713. The first-order valence-electron chi connectivity index (χ1n) is 5.68. The highest BCUT2D eigenvalue weighted by Crippen LogP contribution is 2.27. The van der Waals surface area contributed by atoms with Gasteiger partial charge in [-0.05, 0) is 24.3 Å². The van der Waals surface area contributed by atoms with Gasteiger partial charge in [-0.15, -0.1) is 0 Å². The van der Waals surface area contributed by atoms with Crippen molar-refractivity contribution in [3.05, 3.63) is 36.8 Å². The zero-order valence-corrected chi connectivity index (χ0v) is 10.9. The summed E-state index contributed by atoms with van der Waals surface area (Å²) in [5.74, 6) is -1.81. The van der Waals surface area contributed by atoms with Crippen molar-refractivity contribution in [2.45, 2.75) is 10.7 Å². The summed E-state index contributed by atoms with van der Waals surface area (Å²) in [6.07, 6.45) is 3.04. The van der Waals surface area contributed by atoms with Gasteiger partial charge in [0.2, 0.25) is 0 Å². The molecule has 0 spiro atoms. The van der Waals surface area contributed by atoms with Crippen LogP contribution in [0.1, 0.15) is 0 Å². The fraction of sp³-hybridized carbons (Fsp3) is 0.0833. The van der Waals surface area contributed by atoms with E-state index < -0.39 is 5.76 Å². The molecule has 8 heteroatoms. The Morgan fingerprint density at radius 2 is 1.95 bits per heavy atom. The Balaban J connectivity index is 1.82. The Morgan fingerprint density at radius 3 is 2.70 bits per heavy atom. The largest absolute Gasteiger partial charge is 0.340 e. The maximum atomic E-state index is 12.2. The normalized spacial score (nSPS) is 11.2. The number of halogens is 2. The van der Waals surface area contributed by atoms with Gasteiger partial charge >= 0.3 is 0 Å². The van der Waals surface area contributed by atoms with Crippen molar-refractivity contribution in [2.75, 3.05) is 5.32 Å². The maximum Gasteiger partial charge on any atom is 0.288 e. The topological polar surface area (TPSA) is 66.5 Å². The maximum absolute atomic E-state index is 12.2. The third-order valence-corrected chi connectivity index (χ3v) is 3.31. The first kappa shape index (κ1) is 12.8. The molecule has 0 radical (unpaired) electrons. The number of fused-ring (bicyclic) bond motifs is 1. The summed E-state index contributed by atoms with van der Waals surface area (Å²) in [5, 5.41) is 10.5. The molecule has 20 heavy (non-hydrogen) atoms. The molecule has 0 fully saturated rings. The first-order chi connectivity index (χ1) is 9.72. The monoisotopic (exact) mass is 293 g/mol. The number of nitrogens with zero attached hydrogens (tertiary/aromatic N) is 3. The molecule has 0 amide bonds. The smallest absolute Gasteiger partial charge is 0.288 e. The van der Waals surface area contributed by atoms with Crippen LogP contribution < -0.4 is 5.32 Å². The lowest BCUT2D eigenvalue weighted by Gasteiger charge is -2.07. The minimum absolute atomic E-state index is 0.515. The number of aromatic amines is 1. The molecule has 1 aromatic carbocycles. The number of aromatic nitrogens is 4. The summed E-state index contributed by atoms with van der Waals surface area (Å²) >= 11 is 0.516. The predicted octanol–water partition coefficient (Wildman–Crippen LogP) is 3.41. The molecule has 3 aromatic rings. The SMILES string of the molecule is FC(F)Sc1ccc(Nc2ncnc3[nH]ncc23)cc1. The average molecular weight is 293 g/mol. The van der Waals surface area contributed by atoms with Gasteiger partial charge in [-0.3, -0.25) is 5.10 Å². The zero-order valence-electron chi connectivity index (χ0n) is 10.0. The molecule has 0 saturated heterocycles. The number of H-pyrrole nitrogens is 1. The molecule has 3 rings (SSSR count). The molecule has 0 atom stereocenters. The quantitative estimate of drug-likeness (QED) is 0.722. The van der Waals surface area contributed by atoms with Gasteiger partial charge in [-0.2, -0.15) is 13.9 Å². The molecule has 0 saturated carbocycles. The highest BCUT2D eigenvalue weighted by Gasteiger charge is 2.07. The van der Waals surface area contributed by atoms with Gasteiger partial charge < -0.3 is 5.32 Å². The van der Waals surface area contributed by atoms with Crippen molar-refractivity contribution in [3.8, 4) is 0 Å². The lowest BCUT2D eigenvalue weighted by atomic mass is 10.3. The van der Waals surface area contributed by atoms with E-state index in [1.54, 1.807) is 30.5 Å². The Hall–Kier alpha value is -2.22. The van der Waals surface area contributed by atoms with Crippen molar-refractivity contribution in [1.29, 1.82) is 0 Å². The number of anilines is 2. The van der Waals surface area contributed by atoms with Crippen LogP contribution in [0.25, 0.3) is 11.0 Å². The van der Waals surface area contributed by atoms with Crippen LogP contribution in [0.3, 0.4) is 0 Å². The first-order valence-corrected chi connectivity index (χ1v) is 6.56. The Kier molecular flexibility index (Phi) is 3.46. The summed E-state index contributed by atoms with van der Waals surface area (Å²) in [7, 11) is 0. The number of hydrogen-bond donors (Lipinski definition) is 2. The van der Waals surface area contributed by atoms with Gasteiger partial charge in [0.05, 0.1) is 11.6 Å². The Morgan fingerprint density at radius 1 is 1.15 bits per heavy atom. The number of hydrogen-bond acceptors (Lipinski definition) is 5. The van der Waals surface area contributed by atoms with Crippen LogP contribution >= 0.6 is 11.8 Å². The molecule has 2 aromatic heterocycles. The predicted molar refractivity (Wildman–Crippen MR) is 73.3 cm³/mol. The average Bonchev–Trinajstić information content (AvgIpc) is 2.90. The Labute approximate surface area is 116 Å². The standard InChI is InChI=1S/C12H9F2N5S/c13-12(14)20-8-3-1-7(2-4-8)18-10-9-5-17-19-11(9)16-6-15-10/h1-6,12H,(H2,15,16,17,18,19). The molecule has 2 heterocycles. The summed E-state index contributed by atoms with van der Waals surface area (Å²) in [6.45, 7) is 0.